The number of nitrogens with zero attached hydrogens (tertiary/aromatic N) is 2. The average Bonchev–Trinajstić information content (AvgIpc) is 2.61. The Morgan fingerprint density at radius 2 is 1.64 bits per heavy atom. The second-order valence-electron chi connectivity index (χ2n) is 5.10. The van der Waals surface area contributed by atoms with Gasteiger partial charge in [-0.15, -0.1) is 0 Å². The fraction of sp³-hybridized carbons (Fsp3) is 0. The topological polar surface area (TPSA) is 113 Å². The molecule has 0 aliphatic carbocycles. The Morgan fingerprint density at radius 3 is 2.28 bits per heavy atom. The highest BCUT2D eigenvalue weighted by Crippen LogP contribution is 2.30. The quantitative estimate of drug-likeness (QED) is 0.549. The van der Waals surface area contributed by atoms with Crippen LogP contribution in [0.3, 0.4) is 0 Å². The first-order valence-electron chi connectivity index (χ1n) is 7.27. The predicted molar refractivity (Wildman–Crippen MR) is 97.9 cm³/mol. The van der Waals surface area contributed by atoms with Crippen molar-refractivity contribution in [3.05, 3.63) is 65.4 Å². The maximum atomic E-state index is 10.9. The molecule has 1 heterocycles. The van der Waals surface area contributed by atoms with Crippen LogP contribution < -0.4 is 16.4 Å². The fourth-order valence-electron chi connectivity index (χ4n) is 2.12. The number of rotatable bonds is 5. The van der Waals surface area contributed by atoms with Crippen LogP contribution in [0.5, 0.6) is 0 Å². The van der Waals surface area contributed by atoms with Crippen LogP contribution in [0.25, 0.3) is 0 Å². The van der Waals surface area contributed by atoms with Gasteiger partial charge in [0.15, 0.2) is 11.6 Å². The number of aromatic carboxylic acids is 1. The van der Waals surface area contributed by atoms with Crippen molar-refractivity contribution in [2.45, 2.75) is 0 Å². The molecule has 3 aromatic rings. The van der Waals surface area contributed by atoms with Gasteiger partial charge in [-0.3, -0.25) is 0 Å². The molecule has 0 amide bonds. The van der Waals surface area contributed by atoms with Crippen molar-refractivity contribution in [3.63, 3.8) is 0 Å². The summed E-state index contributed by atoms with van der Waals surface area (Å²) in [5, 5.41) is 15.6. The van der Waals surface area contributed by atoms with Crippen LogP contribution in [-0.4, -0.2) is 21.0 Å². The van der Waals surface area contributed by atoms with E-state index in [2.05, 4.69) is 20.6 Å². The number of hydrogen-bond acceptors (Lipinski definition) is 6. The molecular formula is C17H14ClN5O2. The van der Waals surface area contributed by atoms with Gasteiger partial charge in [-0.1, -0.05) is 23.7 Å². The van der Waals surface area contributed by atoms with Gasteiger partial charge in [0.2, 0.25) is 0 Å². The Kier molecular flexibility index (Phi) is 4.67. The Balaban J connectivity index is 1.83. The minimum absolute atomic E-state index is 0.197. The average molecular weight is 356 g/mol. The van der Waals surface area contributed by atoms with Crippen LogP contribution in [0.2, 0.25) is 5.02 Å². The number of carbonyl (C=O) groups is 1. The lowest BCUT2D eigenvalue weighted by atomic mass is 10.2. The molecule has 0 saturated heterocycles. The SMILES string of the molecule is Nc1c(Nc2ccc(C(=O)O)cc2)ncnc1Nc1ccccc1Cl. The van der Waals surface area contributed by atoms with E-state index in [0.717, 1.165) is 0 Å². The monoisotopic (exact) mass is 355 g/mol. The summed E-state index contributed by atoms with van der Waals surface area (Å²) in [7, 11) is 0. The number of benzene rings is 2. The first-order chi connectivity index (χ1) is 12.0. The maximum Gasteiger partial charge on any atom is 0.335 e. The van der Waals surface area contributed by atoms with Crippen molar-refractivity contribution >= 4 is 46.3 Å². The molecule has 0 spiro atoms. The van der Waals surface area contributed by atoms with Gasteiger partial charge in [-0.2, -0.15) is 0 Å². The van der Waals surface area contributed by atoms with Gasteiger partial charge in [0.05, 0.1) is 16.3 Å². The summed E-state index contributed by atoms with van der Waals surface area (Å²) in [5.41, 5.74) is 7.95. The summed E-state index contributed by atoms with van der Waals surface area (Å²) in [5.74, 6) is -0.181. The van der Waals surface area contributed by atoms with Crippen molar-refractivity contribution < 1.29 is 9.90 Å². The molecule has 1 aromatic heterocycles. The summed E-state index contributed by atoms with van der Waals surface area (Å²) in [6.07, 6.45) is 1.36. The third-order valence-electron chi connectivity index (χ3n) is 3.41. The van der Waals surface area contributed by atoms with Crippen molar-refractivity contribution in [1.29, 1.82) is 0 Å². The van der Waals surface area contributed by atoms with Crippen molar-refractivity contribution in [2.24, 2.45) is 0 Å². The van der Waals surface area contributed by atoms with Crippen LogP contribution in [-0.2, 0) is 0 Å². The number of carboxylic acid groups (broad SMARTS) is 1. The number of nitrogens with two attached hydrogens (primary N) is 1. The summed E-state index contributed by atoms with van der Waals surface area (Å²) >= 11 is 6.13. The lowest BCUT2D eigenvalue weighted by Crippen LogP contribution is -2.05. The number of nitrogens with one attached hydrogen (secondary N) is 2. The second-order valence-corrected chi connectivity index (χ2v) is 5.50. The van der Waals surface area contributed by atoms with Crippen LogP contribution in [0.15, 0.2) is 54.9 Å². The first kappa shape index (κ1) is 16.5. The lowest BCUT2D eigenvalue weighted by Gasteiger charge is -2.13. The third-order valence-corrected chi connectivity index (χ3v) is 3.74. The molecule has 0 fully saturated rings. The molecule has 3 rings (SSSR count). The van der Waals surface area contributed by atoms with Crippen molar-refractivity contribution in [3.8, 4) is 0 Å². The zero-order chi connectivity index (χ0) is 17.8. The van der Waals surface area contributed by atoms with Gasteiger partial charge in [0.25, 0.3) is 0 Å². The second kappa shape index (κ2) is 7.06. The maximum absolute atomic E-state index is 10.9. The van der Waals surface area contributed by atoms with Gasteiger partial charge in [-0.05, 0) is 36.4 Å². The highest BCUT2D eigenvalue weighted by molar-refractivity contribution is 6.33. The van der Waals surface area contributed by atoms with E-state index < -0.39 is 5.97 Å². The number of anilines is 5. The van der Waals surface area contributed by atoms with E-state index in [-0.39, 0.29) is 5.56 Å². The van der Waals surface area contributed by atoms with Gasteiger partial charge in [0, 0.05) is 5.69 Å². The normalized spacial score (nSPS) is 10.3. The highest BCUT2D eigenvalue weighted by Gasteiger charge is 2.10. The molecule has 0 aliphatic rings. The summed E-state index contributed by atoms with van der Waals surface area (Å²) in [4.78, 5) is 19.1. The van der Waals surface area contributed by atoms with Gasteiger partial charge in [0.1, 0.15) is 12.0 Å². The molecule has 25 heavy (non-hydrogen) atoms. The smallest absolute Gasteiger partial charge is 0.335 e. The summed E-state index contributed by atoms with van der Waals surface area (Å²) in [6.45, 7) is 0. The van der Waals surface area contributed by atoms with Crippen molar-refractivity contribution in [2.75, 3.05) is 16.4 Å². The van der Waals surface area contributed by atoms with Crippen LogP contribution >= 0.6 is 11.6 Å². The zero-order valence-electron chi connectivity index (χ0n) is 12.9. The first-order valence-corrected chi connectivity index (χ1v) is 7.65. The summed E-state index contributed by atoms with van der Waals surface area (Å²) < 4.78 is 0. The molecule has 8 heteroatoms. The van der Waals surface area contributed by atoms with E-state index in [1.807, 2.05) is 18.2 Å². The number of para-hydroxylation sites is 1. The number of hydrogen-bond donors (Lipinski definition) is 4. The minimum atomic E-state index is -0.987. The highest BCUT2D eigenvalue weighted by atomic mass is 35.5. The Morgan fingerprint density at radius 1 is 1.00 bits per heavy atom. The largest absolute Gasteiger partial charge is 0.478 e. The molecule has 0 unspecified atom stereocenters. The van der Waals surface area contributed by atoms with E-state index in [4.69, 9.17) is 22.4 Å². The standard InChI is InChI=1S/C17H14ClN5O2/c18-12-3-1-2-4-13(12)23-16-14(19)15(20-9-21-16)22-11-7-5-10(6-8-11)17(24)25/h1-9H,19H2,(H,24,25)(H2,20,21,22,23). The molecule has 0 radical (unpaired) electrons. The Hall–Kier alpha value is -3.32. The molecule has 0 atom stereocenters. The van der Waals surface area contributed by atoms with E-state index in [1.54, 1.807) is 18.2 Å². The molecule has 7 nitrogen and oxygen atoms in total. The van der Waals surface area contributed by atoms with E-state index >= 15 is 0 Å². The number of aromatic nitrogens is 2. The Bertz CT molecular complexity index is 915. The van der Waals surface area contributed by atoms with Crippen LogP contribution in [0, 0.1) is 0 Å². The zero-order valence-corrected chi connectivity index (χ0v) is 13.7. The Labute approximate surface area is 148 Å². The van der Waals surface area contributed by atoms with Gasteiger partial charge < -0.3 is 21.5 Å². The molecule has 0 aliphatic heterocycles. The van der Waals surface area contributed by atoms with Crippen molar-refractivity contribution in [1.82, 2.24) is 9.97 Å². The molecule has 0 bridgehead atoms. The number of carboxylic acids is 1. The molecule has 126 valence electrons. The van der Waals surface area contributed by atoms with E-state index in [0.29, 0.717) is 33.7 Å². The van der Waals surface area contributed by atoms with E-state index in [9.17, 15) is 4.79 Å². The molecule has 5 N–H and O–H groups in total. The van der Waals surface area contributed by atoms with E-state index in [1.165, 1.54) is 18.5 Å². The number of nitrogen functional groups attached to an aromatic ring is 1. The molecular weight excluding hydrogens is 342 g/mol. The summed E-state index contributed by atoms with van der Waals surface area (Å²) in [6, 6.07) is 13.5. The minimum Gasteiger partial charge on any atom is -0.478 e. The molecule has 2 aromatic carbocycles. The van der Waals surface area contributed by atoms with Crippen LogP contribution in [0.1, 0.15) is 10.4 Å². The lowest BCUT2D eigenvalue weighted by molar-refractivity contribution is 0.0697. The predicted octanol–water partition coefficient (Wildman–Crippen LogP) is 3.90. The number of halogens is 1. The fourth-order valence-corrected chi connectivity index (χ4v) is 2.30. The van der Waals surface area contributed by atoms with Gasteiger partial charge in [-0.25, -0.2) is 14.8 Å². The van der Waals surface area contributed by atoms with Crippen LogP contribution in [0.4, 0.5) is 28.7 Å². The third kappa shape index (κ3) is 3.78. The molecule has 0 saturated carbocycles. The van der Waals surface area contributed by atoms with Gasteiger partial charge >= 0.3 is 5.97 Å².